The van der Waals surface area contributed by atoms with Gasteiger partial charge in [-0.05, 0) is 44.6 Å². The molecule has 28 heavy (non-hydrogen) atoms. The van der Waals surface area contributed by atoms with Crippen LogP contribution in [0.1, 0.15) is 36.3 Å². The zero-order valence-electron chi connectivity index (χ0n) is 15.9. The van der Waals surface area contributed by atoms with Gasteiger partial charge in [-0.1, -0.05) is 42.1 Å². The van der Waals surface area contributed by atoms with E-state index in [0.29, 0.717) is 11.6 Å². The molecule has 0 bridgehead atoms. The molecule has 0 unspecified atom stereocenters. The standard InChI is InChI=1S/C20H20BrF3N3P/c1-10(12-6-5-7-13(18(12)22)19(23)24)25-20-14-8-17(28(3)4)15(21)9-16(14)26-11(2)27-20/h5-10,19H,1-4H3,(H,25,26,27)/t10-/m1/s1. The maximum Gasteiger partial charge on any atom is 0.266 e. The van der Waals surface area contributed by atoms with Crippen LogP contribution in [0, 0.1) is 12.7 Å². The van der Waals surface area contributed by atoms with Gasteiger partial charge in [0.25, 0.3) is 6.43 Å². The van der Waals surface area contributed by atoms with Crippen molar-refractivity contribution in [3.8, 4) is 0 Å². The predicted octanol–water partition coefficient (Wildman–Crippen LogP) is 6.32. The van der Waals surface area contributed by atoms with Gasteiger partial charge in [0, 0.05) is 15.4 Å². The molecule has 0 spiro atoms. The second-order valence-electron chi connectivity index (χ2n) is 6.75. The highest BCUT2D eigenvalue weighted by Gasteiger charge is 2.20. The molecule has 0 aliphatic heterocycles. The van der Waals surface area contributed by atoms with Crippen molar-refractivity contribution < 1.29 is 13.2 Å². The van der Waals surface area contributed by atoms with Gasteiger partial charge in [0.05, 0.1) is 17.1 Å². The molecule has 1 heterocycles. The van der Waals surface area contributed by atoms with E-state index in [1.807, 2.05) is 12.1 Å². The van der Waals surface area contributed by atoms with Crippen LogP contribution in [0.25, 0.3) is 10.9 Å². The fraction of sp³-hybridized carbons (Fsp3) is 0.300. The van der Waals surface area contributed by atoms with E-state index < -0.39 is 23.8 Å². The van der Waals surface area contributed by atoms with Gasteiger partial charge in [-0.3, -0.25) is 0 Å². The second kappa shape index (κ2) is 8.34. The van der Waals surface area contributed by atoms with Crippen LogP contribution in [0.2, 0.25) is 0 Å². The van der Waals surface area contributed by atoms with Crippen LogP contribution in [-0.2, 0) is 0 Å². The Bertz CT molecular complexity index is 1030. The molecule has 3 aromatic rings. The Morgan fingerprint density at radius 2 is 1.79 bits per heavy atom. The molecule has 148 valence electrons. The molecule has 0 fully saturated rings. The third-order valence-corrected chi connectivity index (χ3v) is 6.77. The summed E-state index contributed by atoms with van der Waals surface area (Å²) in [6.07, 6.45) is -2.86. The number of halogens is 4. The summed E-state index contributed by atoms with van der Waals surface area (Å²) in [4.78, 5) is 8.97. The first-order chi connectivity index (χ1) is 13.2. The van der Waals surface area contributed by atoms with Gasteiger partial charge in [0.15, 0.2) is 0 Å². The Labute approximate surface area is 171 Å². The first kappa shape index (κ1) is 21.0. The average molecular weight is 470 g/mol. The number of hydrogen-bond acceptors (Lipinski definition) is 3. The average Bonchev–Trinajstić information content (AvgIpc) is 2.60. The third-order valence-electron chi connectivity index (χ3n) is 4.47. The van der Waals surface area contributed by atoms with Crippen molar-refractivity contribution in [1.29, 1.82) is 0 Å². The zero-order valence-corrected chi connectivity index (χ0v) is 18.4. The molecule has 0 aliphatic carbocycles. The summed E-state index contributed by atoms with van der Waals surface area (Å²) in [6.45, 7) is 7.80. The fourth-order valence-corrected chi connectivity index (χ4v) is 5.34. The van der Waals surface area contributed by atoms with Gasteiger partial charge in [-0.2, -0.15) is 0 Å². The highest BCUT2D eigenvalue weighted by Crippen LogP contribution is 2.34. The topological polar surface area (TPSA) is 37.8 Å². The number of aromatic nitrogens is 2. The van der Waals surface area contributed by atoms with Crippen molar-refractivity contribution in [3.63, 3.8) is 0 Å². The molecular formula is C20H20BrF3N3P. The van der Waals surface area contributed by atoms with Crippen LogP contribution in [0.3, 0.4) is 0 Å². The molecule has 1 atom stereocenters. The monoisotopic (exact) mass is 469 g/mol. The van der Waals surface area contributed by atoms with E-state index in [1.54, 1.807) is 13.8 Å². The van der Waals surface area contributed by atoms with E-state index in [2.05, 4.69) is 44.5 Å². The van der Waals surface area contributed by atoms with Gasteiger partial charge in [-0.15, -0.1) is 0 Å². The molecule has 8 heteroatoms. The van der Waals surface area contributed by atoms with Crippen LogP contribution >= 0.6 is 23.9 Å². The lowest BCUT2D eigenvalue weighted by molar-refractivity contribution is 0.146. The van der Waals surface area contributed by atoms with Crippen LogP contribution in [-0.4, -0.2) is 23.3 Å². The quantitative estimate of drug-likeness (QED) is 0.444. The third kappa shape index (κ3) is 4.15. The summed E-state index contributed by atoms with van der Waals surface area (Å²) in [5.74, 6) is 0.239. The molecule has 3 rings (SSSR count). The lowest BCUT2D eigenvalue weighted by Crippen LogP contribution is -2.13. The van der Waals surface area contributed by atoms with Crippen molar-refractivity contribution in [2.24, 2.45) is 0 Å². The first-order valence-corrected chi connectivity index (χ1v) is 11.7. The Balaban J connectivity index is 2.07. The van der Waals surface area contributed by atoms with Gasteiger partial charge < -0.3 is 5.32 Å². The normalized spacial score (nSPS) is 12.8. The minimum atomic E-state index is -2.86. The van der Waals surface area contributed by atoms with E-state index in [-0.39, 0.29) is 13.5 Å². The Morgan fingerprint density at radius 3 is 2.43 bits per heavy atom. The van der Waals surface area contributed by atoms with Crippen LogP contribution in [0.4, 0.5) is 19.0 Å². The van der Waals surface area contributed by atoms with E-state index >= 15 is 0 Å². The molecule has 2 aromatic carbocycles. The Hall–Kier alpha value is -1.72. The smallest absolute Gasteiger partial charge is 0.266 e. The van der Waals surface area contributed by atoms with Crippen LogP contribution in [0.15, 0.2) is 34.8 Å². The van der Waals surface area contributed by atoms with Crippen molar-refractivity contribution in [2.75, 3.05) is 18.6 Å². The lowest BCUT2D eigenvalue weighted by Gasteiger charge is -2.19. The van der Waals surface area contributed by atoms with Gasteiger partial charge in [0.1, 0.15) is 17.5 Å². The van der Waals surface area contributed by atoms with Crippen molar-refractivity contribution in [3.05, 3.63) is 57.6 Å². The van der Waals surface area contributed by atoms with Crippen molar-refractivity contribution >= 4 is 45.9 Å². The van der Waals surface area contributed by atoms with Crippen molar-refractivity contribution in [2.45, 2.75) is 26.3 Å². The van der Waals surface area contributed by atoms with E-state index in [9.17, 15) is 13.2 Å². The minimum absolute atomic E-state index is 0.174. The molecule has 0 amide bonds. The highest BCUT2D eigenvalue weighted by atomic mass is 79.9. The minimum Gasteiger partial charge on any atom is -0.363 e. The van der Waals surface area contributed by atoms with E-state index in [0.717, 1.165) is 26.7 Å². The number of nitrogens with zero attached hydrogens (tertiary/aromatic N) is 2. The van der Waals surface area contributed by atoms with Gasteiger partial charge >= 0.3 is 0 Å². The molecule has 0 saturated carbocycles. The van der Waals surface area contributed by atoms with E-state index in [4.69, 9.17) is 0 Å². The molecular weight excluding hydrogens is 450 g/mol. The maximum absolute atomic E-state index is 14.5. The van der Waals surface area contributed by atoms with Gasteiger partial charge in [-0.25, -0.2) is 23.1 Å². The number of anilines is 1. The van der Waals surface area contributed by atoms with Crippen LogP contribution in [0.5, 0.6) is 0 Å². The summed E-state index contributed by atoms with van der Waals surface area (Å²) in [7, 11) is -0.364. The number of nitrogens with one attached hydrogen (secondary N) is 1. The lowest BCUT2D eigenvalue weighted by atomic mass is 10.0. The number of hydrogen-bond donors (Lipinski definition) is 1. The Morgan fingerprint density at radius 1 is 1.11 bits per heavy atom. The summed E-state index contributed by atoms with van der Waals surface area (Å²) in [5, 5.41) is 5.17. The fourth-order valence-electron chi connectivity index (χ4n) is 3.06. The van der Waals surface area contributed by atoms with E-state index in [1.165, 1.54) is 12.1 Å². The number of alkyl halides is 2. The summed E-state index contributed by atoms with van der Waals surface area (Å²) in [6, 6.07) is 7.50. The Kier molecular flexibility index (Phi) is 6.25. The first-order valence-electron chi connectivity index (χ1n) is 8.67. The number of fused-ring (bicyclic) bond motifs is 1. The molecule has 1 aromatic heterocycles. The number of aryl methyl sites for hydroxylation is 1. The molecule has 0 saturated heterocycles. The van der Waals surface area contributed by atoms with Crippen molar-refractivity contribution in [1.82, 2.24) is 9.97 Å². The van der Waals surface area contributed by atoms with Crippen LogP contribution < -0.4 is 10.6 Å². The summed E-state index contributed by atoms with van der Waals surface area (Å²) in [5.41, 5.74) is 0.341. The number of benzene rings is 2. The largest absolute Gasteiger partial charge is 0.363 e. The molecule has 0 aliphatic rings. The second-order valence-corrected chi connectivity index (χ2v) is 9.88. The number of rotatable bonds is 5. The SMILES string of the molecule is Cc1nc(N[C@H](C)c2cccc(C(F)F)c2F)c2cc(P(C)C)c(Br)cc2n1. The molecule has 3 nitrogen and oxygen atoms in total. The zero-order chi connectivity index (χ0) is 20.6. The predicted molar refractivity (Wildman–Crippen MR) is 114 cm³/mol. The molecule has 0 radical (unpaired) electrons. The van der Waals surface area contributed by atoms with Gasteiger partial charge in [0.2, 0.25) is 0 Å². The highest BCUT2D eigenvalue weighted by molar-refractivity contribution is 9.10. The summed E-state index contributed by atoms with van der Waals surface area (Å²) >= 11 is 3.60. The molecule has 1 N–H and O–H groups in total. The maximum atomic E-state index is 14.5. The summed E-state index contributed by atoms with van der Waals surface area (Å²) < 4.78 is 41.6.